The summed E-state index contributed by atoms with van der Waals surface area (Å²) in [6.07, 6.45) is 0.884. The molecule has 0 atom stereocenters. The molecule has 2 aromatic heterocycles. The molecule has 3 aromatic rings. The van der Waals surface area contributed by atoms with E-state index >= 15 is 0 Å². The number of anilines is 1. The van der Waals surface area contributed by atoms with Gasteiger partial charge in [-0.3, -0.25) is 9.36 Å². The van der Waals surface area contributed by atoms with E-state index in [-0.39, 0.29) is 11.9 Å². The first-order valence-corrected chi connectivity index (χ1v) is 10.5. The molecule has 0 aliphatic rings. The maximum absolute atomic E-state index is 12.4. The van der Waals surface area contributed by atoms with Crippen LogP contribution in [0.1, 0.15) is 32.4 Å². The van der Waals surface area contributed by atoms with Crippen LogP contribution >= 0.6 is 23.1 Å². The fraction of sp³-hybridized carbons (Fsp3) is 0.316. The second-order valence-corrected chi connectivity index (χ2v) is 7.98. The second kappa shape index (κ2) is 8.51. The molecule has 0 unspecified atom stereocenters. The van der Waals surface area contributed by atoms with Crippen molar-refractivity contribution in [2.75, 3.05) is 11.1 Å². The van der Waals surface area contributed by atoms with Gasteiger partial charge in [-0.05, 0) is 43.3 Å². The number of rotatable bonds is 7. The van der Waals surface area contributed by atoms with E-state index in [1.54, 1.807) is 11.3 Å². The first kappa shape index (κ1) is 18.7. The summed E-state index contributed by atoms with van der Waals surface area (Å²) in [5.41, 5.74) is 2.02. The lowest BCUT2D eigenvalue weighted by atomic mass is 10.1. The number of carbonyl (C=O) groups is 1. The molecule has 5 nitrogen and oxygen atoms in total. The van der Waals surface area contributed by atoms with Crippen molar-refractivity contribution in [2.45, 2.75) is 38.4 Å². The number of nitrogens with zero attached hydrogens (tertiary/aromatic N) is 3. The Bertz CT molecular complexity index is 872. The highest BCUT2D eigenvalue weighted by Crippen LogP contribution is 2.30. The Morgan fingerprint density at radius 1 is 1.23 bits per heavy atom. The van der Waals surface area contributed by atoms with E-state index in [1.807, 2.05) is 41.8 Å². The van der Waals surface area contributed by atoms with Crippen LogP contribution in [0.25, 0.3) is 10.7 Å². The van der Waals surface area contributed by atoms with E-state index in [2.05, 4.69) is 40.9 Å². The first-order valence-electron chi connectivity index (χ1n) is 8.59. The van der Waals surface area contributed by atoms with E-state index in [4.69, 9.17) is 0 Å². The van der Waals surface area contributed by atoms with Gasteiger partial charge in [0.1, 0.15) is 0 Å². The smallest absolute Gasteiger partial charge is 0.234 e. The van der Waals surface area contributed by atoms with Crippen molar-refractivity contribution >= 4 is 34.7 Å². The summed E-state index contributed by atoms with van der Waals surface area (Å²) >= 11 is 3.06. The van der Waals surface area contributed by atoms with Gasteiger partial charge in [-0.2, -0.15) is 0 Å². The topological polar surface area (TPSA) is 59.8 Å². The van der Waals surface area contributed by atoms with Crippen molar-refractivity contribution in [3.63, 3.8) is 0 Å². The summed E-state index contributed by atoms with van der Waals surface area (Å²) < 4.78 is 2.09. The quantitative estimate of drug-likeness (QED) is 0.588. The van der Waals surface area contributed by atoms with Crippen molar-refractivity contribution < 1.29 is 4.79 Å². The molecule has 0 fully saturated rings. The highest BCUT2D eigenvalue weighted by atomic mass is 32.2. The number of thiophene rings is 1. The molecule has 0 saturated heterocycles. The van der Waals surface area contributed by atoms with Gasteiger partial charge in [-0.1, -0.05) is 43.0 Å². The third-order valence-electron chi connectivity index (χ3n) is 3.93. The standard InChI is InChI=1S/C19H22N4OS2/c1-4-14-8-5-6-9-15(14)20-17(24)12-26-19-22-21-18(23(19)13(2)3)16-10-7-11-25-16/h5-11,13H,4,12H2,1-3H3,(H,20,24). The molecular weight excluding hydrogens is 364 g/mol. The molecule has 1 N–H and O–H groups in total. The van der Waals surface area contributed by atoms with Gasteiger partial charge in [-0.15, -0.1) is 21.5 Å². The predicted molar refractivity (Wildman–Crippen MR) is 109 cm³/mol. The maximum Gasteiger partial charge on any atom is 0.234 e. The third-order valence-corrected chi connectivity index (χ3v) is 5.74. The molecule has 1 aromatic carbocycles. The minimum absolute atomic E-state index is 0.0353. The summed E-state index contributed by atoms with van der Waals surface area (Å²) in [6.45, 7) is 6.28. The van der Waals surface area contributed by atoms with Crippen LogP contribution in [0.2, 0.25) is 0 Å². The number of benzene rings is 1. The molecule has 0 saturated carbocycles. The molecule has 136 valence electrons. The molecule has 0 spiro atoms. The zero-order chi connectivity index (χ0) is 18.5. The summed E-state index contributed by atoms with van der Waals surface area (Å²) in [4.78, 5) is 13.5. The molecule has 3 rings (SSSR count). The summed E-state index contributed by atoms with van der Waals surface area (Å²) in [5, 5.41) is 14.4. The summed E-state index contributed by atoms with van der Waals surface area (Å²) in [5.74, 6) is 1.12. The number of para-hydroxylation sites is 1. The van der Waals surface area contributed by atoms with Gasteiger partial charge in [-0.25, -0.2) is 0 Å². The zero-order valence-electron chi connectivity index (χ0n) is 15.1. The lowest BCUT2D eigenvalue weighted by molar-refractivity contribution is -0.113. The number of hydrogen-bond donors (Lipinski definition) is 1. The number of hydrogen-bond acceptors (Lipinski definition) is 5. The van der Waals surface area contributed by atoms with Gasteiger partial charge < -0.3 is 5.32 Å². The van der Waals surface area contributed by atoms with Crippen LogP contribution in [-0.2, 0) is 11.2 Å². The van der Waals surface area contributed by atoms with Crippen LogP contribution in [0.4, 0.5) is 5.69 Å². The number of amides is 1. The fourth-order valence-corrected chi connectivity index (χ4v) is 4.25. The van der Waals surface area contributed by atoms with Crippen molar-refractivity contribution in [3.05, 3.63) is 47.3 Å². The van der Waals surface area contributed by atoms with Gasteiger partial charge in [0.05, 0.1) is 10.6 Å². The lowest BCUT2D eigenvalue weighted by Gasteiger charge is -2.13. The average Bonchev–Trinajstić information content (AvgIpc) is 3.29. The Morgan fingerprint density at radius 2 is 2.04 bits per heavy atom. The Kier molecular flexibility index (Phi) is 6.11. The molecule has 7 heteroatoms. The Labute approximate surface area is 161 Å². The Balaban J connectivity index is 1.71. The second-order valence-electron chi connectivity index (χ2n) is 6.09. The molecular formula is C19H22N4OS2. The van der Waals surface area contributed by atoms with Crippen LogP contribution in [-0.4, -0.2) is 26.4 Å². The lowest BCUT2D eigenvalue weighted by Crippen LogP contribution is -2.16. The van der Waals surface area contributed by atoms with Crippen molar-refractivity contribution in [3.8, 4) is 10.7 Å². The minimum Gasteiger partial charge on any atom is -0.325 e. The molecule has 0 bridgehead atoms. The molecule has 1 amide bonds. The first-order chi connectivity index (χ1) is 12.6. The summed E-state index contributed by atoms with van der Waals surface area (Å²) in [7, 11) is 0. The van der Waals surface area contributed by atoms with Gasteiger partial charge in [0, 0.05) is 11.7 Å². The van der Waals surface area contributed by atoms with E-state index in [1.165, 1.54) is 11.8 Å². The highest BCUT2D eigenvalue weighted by Gasteiger charge is 2.18. The van der Waals surface area contributed by atoms with Crippen LogP contribution in [0.5, 0.6) is 0 Å². The number of aromatic nitrogens is 3. The third kappa shape index (κ3) is 4.16. The number of aryl methyl sites for hydroxylation is 1. The van der Waals surface area contributed by atoms with Crippen molar-refractivity contribution in [1.82, 2.24) is 14.8 Å². The molecule has 26 heavy (non-hydrogen) atoms. The number of thioether (sulfide) groups is 1. The minimum atomic E-state index is -0.0353. The number of carbonyl (C=O) groups excluding carboxylic acids is 1. The van der Waals surface area contributed by atoms with E-state index < -0.39 is 0 Å². The largest absolute Gasteiger partial charge is 0.325 e. The van der Waals surface area contributed by atoms with E-state index in [0.29, 0.717) is 5.75 Å². The Morgan fingerprint density at radius 3 is 2.73 bits per heavy atom. The molecule has 0 radical (unpaired) electrons. The van der Waals surface area contributed by atoms with Crippen molar-refractivity contribution in [1.29, 1.82) is 0 Å². The number of nitrogens with one attached hydrogen (secondary N) is 1. The van der Waals surface area contributed by atoms with Gasteiger partial charge in [0.15, 0.2) is 11.0 Å². The zero-order valence-corrected chi connectivity index (χ0v) is 16.7. The Hall–Kier alpha value is -2.12. The van der Waals surface area contributed by atoms with E-state index in [0.717, 1.165) is 33.5 Å². The van der Waals surface area contributed by atoms with Gasteiger partial charge >= 0.3 is 0 Å². The van der Waals surface area contributed by atoms with Crippen LogP contribution in [0.15, 0.2) is 46.9 Å². The van der Waals surface area contributed by atoms with Crippen LogP contribution < -0.4 is 5.32 Å². The normalized spacial score (nSPS) is 11.1. The predicted octanol–water partition coefficient (Wildman–Crippen LogP) is 4.88. The van der Waals surface area contributed by atoms with Gasteiger partial charge in [0.2, 0.25) is 5.91 Å². The monoisotopic (exact) mass is 386 g/mol. The SMILES string of the molecule is CCc1ccccc1NC(=O)CSc1nnc(-c2cccs2)n1C(C)C. The van der Waals surface area contributed by atoms with Crippen LogP contribution in [0, 0.1) is 0 Å². The highest BCUT2D eigenvalue weighted by molar-refractivity contribution is 7.99. The molecule has 0 aliphatic carbocycles. The molecule has 0 aliphatic heterocycles. The average molecular weight is 387 g/mol. The fourth-order valence-electron chi connectivity index (χ4n) is 2.68. The van der Waals surface area contributed by atoms with Crippen molar-refractivity contribution in [2.24, 2.45) is 0 Å². The van der Waals surface area contributed by atoms with Gasteiger partial charge in [0.25, 0.3) is 0 Å². The van der Waals surface area contributed by atoms with E-state index in [9.17, 15) is 4.79 Å². The summed E-state index contributed by atoms with van der Waals surface area (Å²) in [6, 6.07) is 12.2. The molecule has 2 heterocycles. The maximum atomic E-state index is 12.4. The van der Waals surface area contributed by atoms with Crippen LogP contribution in [0.3, 0.4) is 0 Å².